The molecule has 0 saturated carbocycles. The maximum atomic E-state index is 13.0. The lowest BCUT2D eigenvalue weighted by Crippen LogP contribution is -2.29. The third-order valence-electron chi connectivity index (χ3n) is 6.13. The molecule has 0 N–H and O–H groups in total. The number of aromatic nitrogens is 2. The zero-order valence-electron chi connectivity index (χ0n) is 18.9. The van der Waals surface area contributed by atoms with Gasteiger partial charge in [-0.2, -0.15) is 11.3 Å². The highest BCUT2D eigenvalue weighted by Crippen LogP contribution is 2.26. The second-order valence-electron chi connectivity index (χ2n) is 8.29. The predicted molar refractivity (Wildman–Crippen MR) is 131 cm³/mol. The maximum absolute atomic E-state index is 13.0. The number of carbonyl (C=O) groups excluding carboxylic acids is 1. The number of fused-ring (bicyclic) bond motifs is 2. The first-order chi connectivity index (χ1) is 16.6. The smallest absolute Gasteiger partial charge is 0.343 e. The van der Waals surface area contributed by atoms with Gasteiger partial charge in [-0.05, 0) is 40.1 Å². The number of methoxy groups -OCH3 is 1. The summed E-state index contributed by atoms with van der Waals surface area (Å²) >= 11 is 1.57. The van der Waals surface area contributed by atoms with Crippen LogP contribution in [-0.2, 0) is 30.9 Å². The third-order valence-corrected chi connectivity index (χ3v) is 6.86. The number of hydrogen-bond donors (Lipinski definition) is 0. The van der Waals surface area contributed by atoms with E-state index in [0.717, 1.165) is 28.6 Å². The van der Waals surface area contributed by atoms with E-state index in [-0.39, 0.29) is 11.3 Å². The molecule has 1 aliphatic rings. The van der Waals surface area contributed by atoms with E-state index in [1.165, 1.54) is 13.2 Å². The van der Waals surface area contributed by atoms with Crippen LogP contribution in [-0.4, -0.2) is 40.6 Å². The standard InChI is InChI=1S/C26H25N3O4S/c1-32-26(31)25-22-6-9-28(15-18-4-5-20-3-2-8-27-21(20)13-18)10-11-29(22)24(30)14-23(25)33-16-19-7-12-34-17-19/h2-5,7-8,12-14,17H,6,9-11,15-16H2,1H3. The van der Waals surface area contributed by atoms with Crippen LogP contribution in [0, 0.1) is 0 Å². The number of ether oxygens (including phenoxy) is 2. The molecular formula is C26H25N3O4S. The average molecular weight is 476 g/mol. The molecule has 0 radical (unpaired) electrons. The van der Waals surface area contributed by atoms with Crippen LogP contribution < -0.4 is 10.3 Å². The Morgan fingerprint density at radius 3 is 2.85 bits per heavy atom. The highest BCUT2D eigenvalue weighted by Gasteiger charge is 2.26. The Balaban J connectivity index is 1.40. The van der Waals surface area contributed by atoms with Crippen LogP contribution in [0.25, 0.3) is 10.9 Å². The highest BCUT2D eigenvalue weighted by atomic mass is 32.1. The summed E-state index contributed by atoms with van der Waals surface area (Å²) in [7, 11) is 1.35. The zero-order valence-corrected chi connectivity index (χ0v) is 19.7. The van der Waals surface area contributed by atoms with Crippen molar-refractivity contribution in [3.05, 3.63) is 92.2 Å². The molecule has 174 valence electrons. The van der Waals surface area contributed by atoms with Crippen molar-refractivity contribution in [2.24, 2.45) is 0 Å². The molecule has 4 aromatic rings. The van der Waals surface area contributed by atoms with E-state index in [0.29, 0.717) is 43.9 Å². The van der Waals surface area contributed by atoms with Gasteiger partial charge in [-0.1, -0.05) is 18.2 Å². The van der Waals surface area contributed by atoms with Crippen LogP contribution in [0.15, 0.2) is 64.2 Å². The number of nitrogens with zero attached hydrogens (tertiary/aromatic N) is 3. The van der Waals surface area contributed by atoms with Gasteiger partial charge >= 0.3 is 5.97 Å². The van der Waals surface area contributed by atoms with Crippen molar-refractivity contribution in [2.75, 3.05) is 20.2 Å². The molecule has 0 aliphatic carbocycles. The summed E-state index contributed by atoms with van der Waals surface area (Å²) in [5.41, 5.74) is 3.97. The number of benzene rings is 1. The van der Waals surface area contributed by atoms with Crippen molar-refractivity contribution in [2.45, 2.75) is 26.1 Å². The predicted octanol–water partition coefficient (Wildman–Crippen LogP) is 3.88. The maximum Gasteiger partial charge on any atom is 0.343 e. The van der Waals surface area contributed by atoms with E-state index < -0.39 is 5.97 Å². The Bertz CT molecular complexity index is 1380. The van der Waals surface area contributed by atoms with Crippen LogP contribution in [0.5, 0.6) is 5.75 Å². The van der Waals surface area contributed by atoms with Gasteiger partial charge in [0.05, 0.1) is 12.6 Å². The van der Waals surface area contributed by atoms with Crippen LogP contribution in [0.2, 0.25) is 0 Å². The van der Waals surface area contributed by atoms with Gasteiger partial charge in [-0.3, -0.25) is 14.7 Å². The number of pyridine rings is 2. The first-order valence-corrected chi connectivity index (χ1v) is 12.1. The summed E-state index contributed by atoms with van der Waals surface area (Å²) in [5, 5.41) is 5.05. The molecule has 0 saturated heterocycles. The number of hydrogen-bond acceptors (Lipinski definition) is 7. The van der Waals surface area contributed by atoms with Gasteiger partial charge in [0.25, 0.3) is 5.56 Å². The lowest BCUT2D eigenvalue weighted by Gasteiger charge is -2.19. The molecule has 3 aromatic heterocycles. The van der Waals surface area contributed by atoms with Gasteiger partial charge in [-0.15, -0.1) is 0 Å². The van der Waals surface area contributed by atoms with Crippen LogP contribution in [0.4, 0.5) is 0 Å². The van der Waals surface area contributed by atoms with E-state index in [1.54, 1.807) is 22.1 Å². The van der Waals surface area contributed by atoms with E-state index >= 15 is 0 Å². The van der Waals surface area contributed by atoms with Crippen molar-refractivity contribution < 1.29 is 14.3 Å². The molecule has 0 amide bonds. The van der Waals surface area contributed by atoms with Crippen LogP contribution in [0.1, 0.15) is 27.2 Å². The zero-order chi connectivity index (χ0) is 23.5. The van der Waals surface area contributed by atoms with E-state index in [2.05, 4.69) is 28.1 Å². The SMILES string of the molecule is COC(=O)c1c(OCc2ccsc2)cc(=O)n2c1CCN(Cc1ccc3cccnc3c1)CC2. The van der Waals surface area contributed by atoms with Gasteiger partial charge < -0.3 is 14.0 Å². The quantitative estimate of drug-likeness (QED) is 0.394. The Kier molecular flexibility index (Phi) is 6.42. The minimum atomic E-state index is -0.488. The Morgan fingerprint density at radius 2 is 2.03 bits per heavy atom. The Morgan fingerprint density at radius 1 is 1.12 bits per heavy atom. The molecule has 7 nitrogen and oxygen atoms in total. The highest BCUT2D eigenvalue weighted by molar-refractivity contribution is 7.07. The van der Waals surface area contributed by atoms with Crippen molar-refractivity contribution in [1.82, 2.24) is 14.5 Å². The molecule has 0 bridgehead atoms. The third kappa shape index (κ3) is 4.60. The first kappa shape index (κ1) is 22.3. The fourth-order valence-corrected chi connectivity index (χ4v) is 5.04. The fourth-order valence-electron chi connectivity index (χ4n) is 4.39. The van der Waals surface area contributed by atoms with Gasteiger partial charge in [0.15, 0.2) is 0 Å². The average Bonchev–Trinajstić information content (AvgIpc) is 3.29. The molecule has 34 heavy (non-hydrogen) atoms. The summed E-state index contributed by atoms with van der Waals surface area (Å²) in [6, 6.07) is 13.7. The molecule has 5 rings (SSSR count). The second-order valence-corrected chi connectivity index (χ2v) is 9.07. The van der Waals surface area contributed by atoms with Gasteiger partial charge in [0, 0.05) is 55.9 Å². The van der Waals surface area contributed by atoms with Gasteiger partial charge in [0.1, 0.15) is 17.9 Å². The number of thiophene rings is 1. The van der Waals surface area contributed by atoms with Gasteiger partial charge in [0.2, 0.25) is 0 Å². The number of carbonyl (C=O) groups is 1. The molecule has 0 spiro atoms. The molecule has 0 atom stereocenters. The van der Waals surface area contributed by atoms with E-state index in [9.17, 15) is 9.59 Å². The van der Waals surface area contributed by atoms with Crippen molar-refractivity contribution >= 4 is 28.2 Å². The first-order valence-electron chi connectivity index (χ1n) is 11.2. The van der Waals surface area contributed by atoms with Crippen LogP contribution in [0.3, 0.4) is 0 Å². The van der Waals surface area contributed by atoms with Crippen molar-refractivity contribution in [3.8, 4) is 5.75 Å². The summed E-state index contributed by atoms with van der Waals surface area (Å²) < 4.78 is 12.7. The number of rotatable bonds is 6. The molecule has 0 unspecified atom stereocenters. The normalized spacial score (nSPS) is 13.9. The summed E-state index contributed by atoms with van der Waals surface area (Å²) in [6.07, 6.45) is 2.34. The molecule has 1 aliphatic heterocycles. The Labute approximate surface area is 201 Å². The largest absolute Gasteiger partial charge is 0.488 e. The topological polar surface area (TPSA) is 73.7 Å². The molecule has 4 heterocycles. The molecule has 8 heteroatoms. The minimum Gasteiger partial charge on any atom is -0.488 e. The lowest BCUT2D eigenvalue weighted by molar-refractivity contribution is 0.0592. The lowest BCUT2D eigenvalue weighted by atomic mass is 10.1. The number of esters is 1. The summed E-state index contributed by atoms with van der Waals surface area (Å²) in [5.74, 6) is -0.207. The monoisotopic (exact) mass is 475 g/mol. The molecular weight excluding hydrogens is 450 g/mol. The minimum absolute atomic E-state index is 0.167. The van der Waals surface area contributed by atoms with E-state index in [1.807, 2.05) is 29.0 Å². The van der Waals surface area contributed by atoms with Crippen molar-refractivity contribution in [3.63, 3.8) is 0 Å². The molecule has 1 aromatic carbocycles. The summed E-state index contributed by atoms with van der Waals surface area (Å²) in [6.45, 7) is 2.93. The van der Waals surface area contributed by atoms with E-state index in [4.69, 9.17) is 9.47 Å². The van der Waals surface area contributed by atoms with Crippen molar-refractivity contribution in [1.29, 1.82) is 0 Å². The Hall–Kier alpha value is -3.49. The summed E-state index contributed by atoms with van der Waals surface area (Å²) in [4.78, 5) is 32.5. The second kappa shape index (κ2) is 9.79. The van der Waals surface area contributed by atoms with Gasteiger partial charge in [-0.25, -0.2) is 4.79 Å². The van der Waals surface area contributed by atoms with Crippen LogP contribution >= 0.6 is 11.3 Å². The fraction of sp³-hybridized carbons (Fsp3) is 0.269. The molecule has 0 fully saturated rings.